The van der Waals surface area contributed by atoms with Crippen molar-refractivity contribution in [3.8, 4) is 11.5 Å². The molecule has 0 heterocycles. The molecule has 0 aliphatic heterocycles. The summed E-state index contributed by atoms with van der Waals surface area (Å²) in [6, 6.07) is 10.9. The number of ether oxygens (including phenoxy) is 2. The molecule has 0 aliphatic rings. The molecule has 0 saturated heterocycles. The third kappa shape index (κ3) is 5.45. The van der Waals surface area contributed by atoms with Crippen molar-refractivity contribution < 1.29 is 18.7 Å². The van der Waals surface area contributed by atoms with Crippen molar-refractivity contribution in [3.05, 3.63) is 58.9 Å². The summed E-state index contributed by atoms with van der Waals surface area (Å²) in [4.78, 5) is 11.7. The molecule has 0 unspecified atom stereocenters. The van der Waals surface area contributed by atoms with Crippen LogP contribution in [0.25, 0.3) is 0 Å². The van der Waals surface area contributed by atoms with Gasteiger partial charge < -0.3 is 14.8 Å². The average Bonchev–Trinajstić information content (AvgIpc) is 2.55. The molecule has 2 rings (SSSR count). The topological polar surface area (TPSA) is 47.6 Å². The highest BCUT2D eigenvalue weighted by molar-refractivity contribution is 6.31. The number of carbonyl (C=O) groups excluding carboxylic acids is 1. The first-order chi connectivity index (χ1) is 11.1. The minimum absolute atomic E-state index is 0.123. The van der Waals surface area contributed by atoms with Gasteiger partial charge in [-0.15, -0.1) is 0 Å². The van der Waals surface area contributed by atoms with Gasteiger partial charge in [-0.3, -0.25) is 4.79 Å². The first-order valence-electron chi connectivity index (χ1n) is 7.06. The zero-order valence-corrected chi connectivity index (χ0v) is 13.4. The molecule has 23 heavy (non-hydrogen) atoms. The summed E-state index contributed by atoms with van der Waals surface area (Å²) in [7, 11) is 1.58. The number of hydrogen-bond donors (Lipinski definition) is 1. The largest absolute Gasteiger partial charge is 0.497 e. The number of halogens is 2. The van der Waals surface area contributed by atoms with Crippen LogP contribution in [0, 0.1) is 5.82 Å². The van der Waals surface area contributed by atoms with Crippen LogP contribution in [-0.4, -0.2) is 26.2 Å². The SMILES string of the molecule is COc1ccc(CCNC(=O)COc2ccc(F)cc2)c(Cl)c1. The molecule has 0 atom stereocenters. The molecule has 0 fully saturated rings. The second kappa shape index (κ2) is 8.39. The van der Waals surface area contributed by atoms with Crippen molar-refractivity contribution >= 4 is 17.5 Å². The van der Waals surface area contributed by atoms with E-state index in [4.69, 9.17) is 21.1 Å². The Morgan fingerprint density at radius 1 is 1.17 bits per heavy atom. The minimum Gasteiger partial charge on any atom is -0.497 e. The second-order valence-electron chi connectivity index (χ2n) is 4.80. The maximum atomic E-state index is 12.7. The van der Waals surface area contributed by atoms with E-state index in [1.807, 2.05) is 12.1 Å². The summed E-state index contributed by atoms with van der Waals surface area (Å²) in [6.07, 6.45) is 0.602. The van der Waals surface area contributed by atoms with Crippen molar-refractivity contribution in [2.24, 2.45) is 0 Å². The average molecular weight is 338 g/mol. The summed E-state index contributed by atoms with van der Waals surface area (Å²) in [6.45, 7) is 0.319. The monoisotopic (exact) mass is 337 g/mol. The van der Waals surface area contributed by atoms with Crippen LogP contribution in [0.1, 0.15) is 5.56 Å². The van der Waals surface area contributed by atoms with E-state index in [2.05, 4.69) is 5.32 Å². The fraction of sp³-hybridized carbons (Fsp3) is 0.235. The van der Waals surface area contributed by atoms with Crippen LogP contribution >= 0.6 is 11.6 Å². The van der Waals surface area contributed by atoms with Gasteiger partial charge in [0.1, 0.15) is 17.3 Å². The molecule has 6 heteroatoms. The Morgan fingerprint density at radius 3 is 2.52 bits per heavy atom. The quantitative estimate of drug-likeness (QED) is 0.844. The van der Waals surface area contributed by atoms with Gasteiger partial charge in [0.05, 0.1) is 7.11 Å². The highest BCUT2D eigenvalue weighted by atomic mass is 35.5. The number of methoxy groups -OCH3 is 1. The third-order valence-electron chi connectivity index (χ3n) is 3.16. The number of amides is 1. The number of hydrogen-bond acceptors (Lipinski definition) is 3. The van der Waals surface area contributed by atoms with Crippen molar-refractivity contribution in [2.45, 2.75) is 6.42 Å². The molecule has 0 aliphatic carbocycles. The van der Waals surface area contributed by atoms with Crippen LogP contribution in [0.3, 0.4) is 0 Å². The van der Waals surface area contributed by atoms with Gasteiger partial charge in [-0.25, -0.2) is 4.39 Å². The van der Waals surface area contributed by atoms with E-state index >= 15 is 0 Å². The highest BCUT2D eigenvalue weighted by Gasteiger charge is 2.05. The molecular formula is C17H17ClFNO3. The Labute approximate surface area is 139 Å². The van der Waals surface area contributed by atoms with E-state index < -0.39 is 0 Å². The maximum Gasteiger partial charge on any atom is 0.257 e. The van der Waals surface area contributed by atoms with Gasteiger partial charge in [0, 0.05) is 11.6 Å². The molecular weight excluding hydrogens is 321 g/mol. The van der Waals surface area contributed by atoms with Crippen LogP contribution in [0.5, 0.6) is 11.5 Å². The van der Waals surface area contributed by atoms with Crippen LogP contribution in [0.4, 0.5) is 4.39 Å². The molecule has 2 aromatic carbocycles. The Balaban J connectivity index is 1.73. The van der Waals surface area contributed by atoms with Gasteiger partial charge in [0.25, 0.3) is 5.91 Å². The Kier molecular flexibility index (Phi) is 6.23. The van der Waals surface area contributed by atoms with Crippen molar-refractivity contribution in [2.75, 3.05) is 20.3 Å². The van der Waals surface area contributed by atoms with Gasteiger partial charge in [-0.2, -0.15) is 0 Å². The van der Waals surface area contributed by atoms with Gasteiger partial charge >= 0.3 is 0 Å². The molecule has 4 nitrogen and oxygen atoms in total. The molecule has 0 bridgehead atoms. The Morgan fingerprint density at radius 2 is 1.87 bits per heavy atom. The predicted octanol–water partition coefficient (Wildman–Crippen LogP) is 3.23. The van der Waals surface area contributed by atoms with Gasteiger partial charge in [0.2, 0.25) is 0 Å². The Hall–Kier alpha value is -2.27. The standard InChI is InChI=1S/C17H17ClFNO3/c1-22-15-5-2-12(16(18)10-15)8-9-20-17(21)11-23-14-6-3-13(19)4-7-14/h2-7,10H,8-9,11H2,1H3,(H,20,21). The van der Waals surface area contributed by atoms with Gasteiger partial charge in [0.15, 0.2) is 6.61 Å². The van der Waals surface area contributed by atoms with Crippen LogP contribution < -0.4 is 14.8 Å². The fourth-order valence-corrected chi connectivity index (χ4v) is 2.19. The van der Waals surface area contributed by atoms with Gasteiger partial charge in [-0.05, 0) is 48.4 Å². The number of rotatable bonds is 7. The van der Waals surface area contributed by atoms with Crippen LogP contribution in [0.15, 0.2) is 42.5 Å². The third-order valence-corrected chi connectivity index (χ3v) is 3.51. The number of benzene rings is 2. The van der Waals surface area contributed by atoms with Crippen molar-refractivity contribution in [3.63, 3.8) is 0 Å². The molecule has 2 aromatic rings. The highest BCUT2D eigenvalue weighted by Crippen LogP contribution is 2.22. The zero-order valence-electron chi connectivity index (χ0n) is 12.6. The van der Waals surface area contributed by atoms with E-state index in [1.54, 1.807) is 13.2 Å². The summed E-state index contributed by atoms with van der Waals surface area (Å²) in [5, 5.41) is 3.34. The Bertz CT molecular complexity index is 661. The maximum absolute atomic E-state index is 12.7. The summed E-state index contributed by atoms with van der Waals surface area (Å²) >= 11 is 6.13. The minimum atomic E-state index is -0.349. The lowest BCUT2D eigenvalue weighted by molar-refractivity contribution is -0.123. The molecule has 1 N–H and O–H groups in total. The van der Waals surface area contributed by atoms with E-state index in [0.29, 0.717) is 29.5 Å². The van der Waals surface area contributed by atoms with E-state index in [1.165, 1.54) is 24.3 Å². The number of nitrogens with one attached hydrogen (secondary N) is 1. The van der Waals surface area contributed by atoms with E-state index in [9.17, 15) is 9.18 Å². The normalized spacial score (nSPS) is 10.2. The molecule has 0 saturated carbocycles. The lowest BCUT2D eigenvalue weighted by Gasteiger charge is -2.09. The molecule has 1 amide bonds. The lowest BCUT2D eigenvalue weighted by Crippen LogP contribution is -2.30. The van der Waals surface area contributed by atoms with E-state index in [0.717, 1.165) is 5.56 Å². The van der Waals surface area contributed by atoms with Crippen LogP contribution in [0.2, 0.25) is 5.02 Å². The smallest absolute Gasteiger partial charge is 0.257 e. The molecule has 122 valence electrons. The van der Waals surface area contributed by atoms with Crippen LogP contribution in [-0.2, 0) is 11.2 Å². The zero-order chi connectivity index (χ0) is 16.7. The predicted molar refractivity (Wildman–Crippen MR) is 86.6 cm³/mol. The molecule has 0 spiro atoms. The van der Waals surface area contributed by atoms with Gasteiger partial charge in [-0.1, -0.05) is 17.7 Å². The van der Waals surface area contributed by atoms with E-state index in [-0.39, 0.29) is 18.3 Å². The molecule has 0 radical (unpaired) electrons. The number of carbonyl (C=O) groups is 1. The summed E-state index contributed by atoms with van der Waals surface area (Å²) < 4.78 is 23.1. The lowest BCUT2D eigenvalue weighted by atomic mass is 10.1. The summed E-state index contributed by atoms with van der Waals surface area (Å²) in [5.41, 5.74) is 0.923. The second-order valence-corrected chi connectivity index (χ2v) is 5.21. The first-order valence-corrected chi connectivity index (χ1v) is 7.44. The first kappa shape index (κ1) is 17.1. The summed E-state index contributed by atoms with van der Waals surface area (Å²) in [5.74, 6) is 0.535. The fourth-order valence-electron chi connectivity index (χ4n) is 1.93. The van der Waals surface area contributed by atoms with Crippen molar-refractivity contribution in [1.29, 1.82) is 0 Å². The molecule has 0 aromatic heterocycles. The van der Waals surface area contributed by atoms with Crippen molar-refractivity contribution in [1.82, 2.24) is 5.32 Å².